The van der Waals surface area contributed by atoms with Crippen molar-refractivity contribution in [3.63, 3.8) is 0 Å². The normalized spacial score (nSPS) is 16.2. The van der Waals surface area contributed by atoms with E-state index in [1.807, 2.05) is 6.92 Å². The predicted molar refractivity (Wildman–Crippen MR) is 59.4 cm³/mol. The van der Waals surface area contributed by atoms with E-state index in [0.29, 0.717) is 11.2 Å². The van der Waals surface area contributed by atoms with E-state index in [1.54, 1.807) is 0 Å². The lowest BCUT2D eigenvalue weighted by Crippen LogP contribution is -2.12. The molecule has 4 heteroatoms. The topological polar surface area (TPSA) is 35.0 Å². The summed E-state index contributed by atoms with van der Waals surface area (Å²) in [6.45, 7) is 4.07. The number of rotatable bonds is 3. The highest BCUT2D eigenvalue weighted by atomic mass is 35.5. The number of aromatic nitrogens is 2. The first-order valence-electron chi connectivity index (χ1n) is 5.42. The fraction of sp³-hybridized carbons (Fsp3) is 0.636. The van der Waals surface area contributed by atoms with Crippen LogP contribution in [0.3, 0.4) is 0 Å². The van der Waals surface area contributed by atoms with Crippen molar-refractivity contribution < 1.29 is 4.74 Å². The molecule has 0 aliphatic heterocycles. The SMILES string of the molecule is CCC(C)Oc1nc(Cl)c2c(n1)CCC2. The van der Waals surface area contributed by atoms with Crippen LogP contribution in [-0.4, -0.2) is 16.1 Å². The summed E-state index contributed by atoms with van der Waals surface area (Å²) in [6.07, 6.45) is 4.20. The van der Waals surface area contributed by atoms with Crippen LogP contribution >= 0.6 is 11.6 Å². The monoisotopic (exact) mass is 226 g/mol. The van der Waals surface area contributed by atoms with E-state index in [1.165, 1.54) is 0 Å². The lowest BCUT2D eigenvalue weighted by atomic mass is 10.3. The minimum atomic E-state index is 0.139. The lowest BCUT2D eigenvalue weighted by Gasteiger charge is -2.11. The van der Waals surface area contributed by atoms with E-state index in [4.69, 9.17) is 16.3 Å². The fourth-order valence-corrected chi connectivity index (χ4v) is 1.96. The summed E-state index contributed by atoms with van der Waals surface area (Å²) in [5.74, 6) is 0. The highest BCUT2D eigenvalue weighted by molar-refractivity contribution is 6.30. The molecule has 0 aromatic carbocycles. The Morgan fingerprint density at radius 3 is 2.93 bits per heavy atom. The predicted octanol–water partition coefficient (Wildman–Crippen LogP) is 2.80. The van der Waals surface area contributed by atoms with Gasteiger partial charge in [0, 0.05) is 5.56 Å². The standard InChI is InChI=1S/C11H15ClN2O/c1-3-7(2)15-11-13-9-6-4-5-8(9)10(12)14-11/h7H,3-6H2,1-2H3. The third-order valence-electron chi connectivity index (χ3n) is 2.74. The van der Waals surface area contributed by atoms with E-state index in [-0.39, 0.29) is 6.10 Å². The van der Waals surface area contributed by atoms with Gasteiger partial charge in [-0.2, -0.15) is 9.97 Å². The second kappa shape index (κ2) is 4.35. The molecule has 1 aromatic rings. The van der Waals surface area contributed by atoms with Gasteiger partial charge in [-0.15, -0.1) is 0 Å². The molecule has 0 bridgehead atoms. The average Bonchev–Trinajstić information content (AvgIpc) is 2.66. The molecule has 1 aliphatic carbocycles. The molecule has 15 heavy (non-hydrogen) atoms. The first kappa shape index (κ1) is 10.7. The van der Waals surface area contributed by atoms with Crippen molar-refractivity contribution in [2.24, 2.45) is 0 Å². The van der Waals surface area contributed by atoms with Crippen molar-refractivity contribution in [1.29, 1.82) is 0 Å². The van der Waals surface area contributed by atoms with Gasteiger partial charge in [-0.1, -0.05) is 18.5 Å². The smallest absolute Gasteiger partial charge is 0.318 e. The number of ether oxygens (including phenoxy) is 1. The summed E-state index contributed by atoms with van der Waals surface area (Å²) in [5.41, 5.74) is 2.17. The van der Waals surface area contributed by atoms with Crippen molar-refractivity contribution in [2.75, 3.05) is 0 Å². The third-order valence-corrected chi connectivity index (χ3v) is 3.06. The number of nitrogens with zero attached hydrogens (tertiary/aromatic N) is 2. The maximum atomic E-state index is 6.07. The Kier molecular flexibility index (Phi) is 3.10. The fourth-order valence-electron chi connectivity index (χ4n) is 1.68. The number of halogens is 1. The van der Waals surface area contributed by atoms with Crippen LogP contribution < -0.4 is 4.74 Å². The maximum absolute atomic E-state index is 6.07. The summed E-state index contributed by atoms with van der Waals surface area (Å²) in [6, 6.07) is 0.426. The highest BCUT2D eigenvalue weighted by Crippen LogP contribution is 2.27. The van der Waals surface area contributed by atoms with E-state index in [9.17, 15) is 0 Å². The molecule has 3 nitrogen and oxygen atoms in total. The second-order valence-electron chi connectivity index (χ2n) is 3.91. The van der Waals surface area contributed by atoms with Crippen LogP contribution in [0.2, 0.25) is 5.15 Å². The average molecular weight is 227 g/mol. The Hall–Kier alpha value is -0.830. The van der Waals surface area contributed by atoms with E-state index >= 15 is 0 Å². The van der Waals surface area contributed by atoms with Crippen LogP contribution in [0.4, 0.5) is 0 Å². The minimum absolute atomic E-state index is 0.139. The van der Waals surface area contributed by atoms with Crippen LogP contribution in [0.1, 0.15) is 37.9 Å². The van der Waals surface area contributed by atoms with Gasteiger partial charge in [0.2, 0.25) is 0 Å². The van der Waals surface area contributed by atoms with Crippen LogP contribution in [0, 0.1) is 0 Å². The zero-order chi connectivity index (χ0) is 10.8. The Morgan fingerprint density at radius 2 is 2.20 bits per heavy atom. The number of hydrogen-bond donors (Lipinski definition) is 0. The van der Waals surface area contributed by atoms with Crippen molar-refractivity contribution in [3.05, 3.63) is 16.4 Å². The molecule has 0 fully saturated rings. The van der Waals surface area contributed by atoms with Gasteiger partial charge in [-0.05, 0) is 32.6 Å². The highest BCUT2D eigenvalue weighted by Gasteiger charge is 2.19. The zero-order valence-corrected chi connectivity index (χ0v) is 9.84. The summed E-state index contributed by atoms with van der Waals surface area (Å²) in [7, 11) is 0. The summed E-state index contributed by atoms with van der Waals surface area (Å²) < 4.78 is 5.56. The van der Waals surface area contributed by atoms with Crippen LogP contribution in [0.5, 0.6) is 6.01 Å². The van der Waals surface area contributed by atoms with Gasteiger partial charge in [0.05, 0.1) is 11.8 Å². The minimum Gasteiger partial charge on any atom is -0.460 e. The molecule has 0 saturated heterocycles. The second-order valence-corrected chi connectivity index (χ2v) is 4.27. The number of hydrogen-bond acceptors (Lipinski definition) is 3. The van der Waals surface area contributed by atoms with Gasteiger partial charge in [0.25, 0.3) is 0 Å². The molecule has 0 N–H and O–H groups in total. The molecule has 0 spiro atoms. The number of fused-ring (bicyclic) bond motifs is 1. The molecule has 0 amide bonds. The summed E-state index contributed by atoms with van der Waals surface area (Å²) in [4.78, 5) is 8.55. The van der Waals surface area contributed by atoms with Gasteiger partial charge in [0.1, 0.15) is 5.15 Å². The van der Waals surface area contributed by atoms with Crippen molar-refractivity contribution >= 4 is 11.6 Å². The van der Waals surface area contributed by atoms with Crippen molar-refractivity contribution in [3.8, 4) is 6.01 Å². The van der Waals surface area contributed by atoms with E-state index < -0.39 is 0 Å². The summed E-state index contributed by atoms with van der Waals surface area (Å²) in [5, 5.41) is 0.566. The number of aryl methyl sites for hydroxylation is 1. The molecule has 1 heterocycles. The Labute approximate surface area is 94.8 Å². The summed E-state index contributed by atoms with van der Waals surface area (Å²) >= 11 is 6.07. The Morgan fingerprint density at radius 1 is 1.40 bits per heavy atom. The lowest BCUT2D eigenvalue weighted by molar-refractivity contribution is 0.198. The molecular weight excluding hydrogens is 212 g/mol. The van der Waals surface area contributed by atoms with E-state index in [0.717, 1.165) is 36.9 Å². The van der Waals surface area contributed by atoms with Gasteiger partial charge in [-0.3, -0.25) is 0 Å². The van der Waals surface area contributed by atoms with Gasteiger partial charge in [0.15, 0.2) is 0 Å². The molecule has 2 rings (SSSR count). The Bertz CT molecular complexity index is 368. The van der Waals surface area contributed by atoms with Crippen LogP contribution in [0.25, 0.3) is 0 Å². The molecule has 1 aromatic heterocycles. The Balaban J connectivity index is 2.23. The molecule has 1 unspecified atom stereocenters. The quantitative estimate of drug-likeness (QED) is 0.744. The first-order valence-corrected chi connectivity index (χ1v) is 5.80. The van der Waals surface area contributed by atoms with Crippen molar-refractivity contribution in [1.82, 2.24) is 9.97 Å². The largest absolute Gasteiger partial charge is 0.460 e. The zero-order valence-electron chi connectivity index (χ0n) is 9.09. The van der Waals surface area contributed by atoms with Gasteiger partial charge >= 0.3 is 6.01 Å². The molecule has 1 aliphatic rings. The van der Waals surface area contributed by atoms with Crippen molar-refractivity contribution in [2.45, 2.75) is 45.6 Å². The van der Waals surface area contributed by atoms with Crippen LogP contribution in [-0.2, 0) is 12.8 Å². The van der Waals surface area contributed by atoms with Gasteiger partial charge in [-0.25, -0.2) is 0 Å². The van der Waals surface area contributed by atoms with E-state index in [2.05, 4.69) is 16.9 Å². The molecule has 0 saturated carbocycles. The molecule has 82 valence electrons. The molecule has 0 radical (unpaired) electrons. The maximum Gasteiger partial charge on any atom is 0.318 e. The molecule has 1 atom stereocenters. The van der Waals surface area contributed by atoms with Crippen LogP contribution in [0.15, 0.2) is 0 Å². The van der Waals surface area contributed by atoms with Gasteiger partial charge < -0.3 is 4.74 Å². The third kappa shape index (κ3) is 2.23. The first-order chi connectivity index (χ1) is 7.20. The molecular formula is C11H15ClN2O.